The van der Waals surface area contributed by atoms with Crippen LogP contribution < -0.4 is 15.5 Å². The Kier molecular flexibility index (Phi) is 7.47. The lowest BCUT2D eigenvalue weighted by Crippen LogP contribution is -2.75. The molecule has 5 aliphatic rings. The second kappa shape index (κ2) is 10.5. The second-order valence-electron chi connectivity index (χ2n) is 13.2. The second-order valence-corrected chi connectivity index (χ2v) is 13.2. The van der Waals surface area contributed by atoms with E-state index in [0.29, 0.717) is 31.6 Å². The number of methoxy groups -OCH3 is 2. The van der Waals surface area contributed by atoms with Crippen LogP contribution in [0.4, 0.5) is 5.69 Å². The van der Waals surface area contributed by atoms with Crippen LogP contribution in [0, 0.1) is 11.8 Å². The lowest BCUT2D eigenvalue weighted by molar-refractivity contribution is -0.297. The van der Waals surface area contributed by atoms with E-state index in [2.05, 4.69) is 44.8 Å². The van der Waals surface area contributed by atoms with Crippen LogP contribution in [0.15, 0.2) is 24.0 Å². The summed E-state index contributed by atoms with van der Waals surface area (Å²) in [5, 5.41) is 13.7. The average Bonchev–Trinajstić information content (AvgIpc) is 3.41. The van der Waals surface area contributed by atoms with Gasteiger partial charge in [-0.15, -0.1) is 0 Å². The molecule has 1 aromatic rings. The number of Topliss-reactive ketones (excluding diaryl/α,β-unsaturated/α-hetero) is 1. The first-order valence-corrected chi connectivity index (χ1v) is 15.2. The largest absolute Gasteiger partial charge is 0.504 e. The van der Waals surface area contributed by atoms with Crippen molar-refractivity contribution in [2.24, 2.45) is 11.8 Å². The number of anilines is 1. The van der Waals surface area contributed by atoms with Gasteiger partial charge in [0.05, 0.1) is 56.5 Å². The number of piperidine rings is 2. The number of hydrogen-bond donors (Lipinski definition) is 2. The minimum atomic E-state index is -0.934. The maximum absolute atomic E-state index is 13.0. The van der Waals surface area contributed by atoms with Crippen LogP contribution in [-0.4, -0.2) is 93.0 Å². The number of nitrogens with zero attached hydrogens (tertiary/aromatic N) is 1. The number of ether oxygens (including phenoxy) is 4. The van der Waals surface area contributed by atoms with Gasteiger partial charge in [-0.3, -0.25) is 9.69 Å². The van der Waals surface area contributed by atoms with Crippen molar-refractivity contribution in [3.8, 4) is 5.75 Å². The van der Waals surface area contributed by atoms with E-state index in [1.807, 2.05) is 12.1 Å². The monoisotopic (exact) mass is 584 g/mol. The van der Waals surface area contributed by atoms with Gasteiger partial charge >= 0.3 is 7.12 Å². The molecule has 0 aromatic heterocycles. The summed E-state index contributed by atoms with van der Waals surface area (Å²) in [6.45, 7) is 12.3. The number of fused-ring (bicyclic) bond motifs is 2. The number of hydrogen-bond acceptors (Lipinski definition) is 10. The fourth-order valence-electron chi connectivity index (χ4n) is 8.01. The van der Waals surface area contributed by atoms with Crippen molar-refractivity contribution < 1.29 is 38.2 Å². The highest BCUT2D eigenvalue weighted by atomic mass is 16.7. The highest BCUT2D eigenvalue weighted by Crippen LogP contribution is 2.61. The summed E-state index contributed by atoms with van der Waals surface area (Å²) < 4.78 is 38.1. The molecule has 1 aromatic carbocycles. The molecule has 0 aliphatic carbocycles. The molecule has 4 fully saturated rings. The molecule has 0 spiro atoms. The van der Waals surface area contributed by atoms with Crippen LogP contribution >= 0.6 is 0 Å². The molecular formula is C31H45BN2O8. The van der Waals surface area contributed by atoms with E-state index in [1.54, 1.807) is 14.2 Å². The lowest BCUT2D eigenvalue weighted by Gasteiger charge is -2.61. The van der Waals surface area contributed by atoms with Crippen LogP contribution in [0.5, 0.6) is 5.75 Å². The first-order chi connectivity index (χ1) is 20.0. The number of nitrogens with one attached hydrogen (secondary N) is 1. The van der Waals surface area contributed by atoms with Crippen molar-refractivity contribution in [1.29, 1.82) is 0 Å². The van der Waals surface area contributed by atoms with E-state index >= 15 is 0 Å². The van der Waals surface area contributed by atoms with Crippen LogP contribution in [-0.2, 0) is 33.9 Å². The predicted molar refractivity (Wildman–Crippen MR) is 158 cm³/mol. The third kappa shape index (κ3) is 4.11. The minimum absolute atomic E-state index is 0.110. The van der Waals surface area contributed by atoms with Crippen LogP contribution in [0.1, 0.15) is 59.4 Å². The molecule has 0 saturated carbocycles. The molecule has 0 radical (unpaired) electrons. The Hall–Kier alpha value is -2.15. The van der Waals surface area contributed by atoms with Gasteiger partial charge in [-0.05, 0) is 58.4 Å². The number of aliphatic hydroxyl groups excluding tert-OH is 1. The highest BCUT2D eigenvalue weighted by Gasteiger charge is 2.71. The zero-order valence-corrected chi connectivity index (χ0v) is 26.0. The normalized spacial score (nSPS) is 35.0. The first kappa shape index (κ1) is 29.9. The van der Waals surface area contributed by atoms with Crippen LogP contribution in [0.25, 0.3) is 0 Å². The number of carbonyl (C=O) groups excluding carboxylic acids is 1. The number of aliphatic hydroxyl groups is 1. The summed E-state index contributed by atoms with van der Waals surface area (Å²) in [4.78, 5) is 15.5. The van der Waals surface area contributed by atoms with E-state index in [9.17, 15) is 9.90 Å². The Balaban J connectivity index is 1.47. The third-order valence-corrected chi connectivity index (χ3v) is 10.8. The number of benzene rings is 1. The SMILES string of the molecule is CC[C@@H]1CN2CC[C@@]34OCCO[C@@]3(Nc3c(B5OC(C)(C)C(C)(C)O5)ccc(OC)c34)[C@@H]2C[C@@H]1/C(=C\OC)C(=O)CO. The van der Waals surface area contributed by atoms with E-state index in [-0.39, 0.29) is 23.7 Å². The Morgan fingerprint density at radius 1 is 1.17 bits per heavy atom. The van der Waals surface area contributed by atoms with Gasteiger partial charge in [-0.1, -0.05) is 19.4 Å². The summed E-state index contributed by atoms with van der Waals surface area (Å²) in [6.07, 6.45) is 3.77. The Morgan fingerprint density at radius 3 is 2.52 bits per heavy atom. The summed E-state index contributed by atoms with van der Waals surface area (Å²) in [5.74, 6) is 0.543. The van der Waals surface area contributed by atoms with Gasteiger partial charge in [-0.25, -0.2) is 0 Å². The standard InChI is InChI=1S/C31H45BN2O8/c1-8-19-16-34-12-11-30-26-24(38-7)10-9-22(32-41-28(2,3)29(4,5)42-32)27(26)33-31(30,40-14-13-39-30)25(34)15-20(19)21(18-37-6)23(36)17-35/h9-10,18-20,25,33,35H,8,11-17H2,1-7H3/b21-18+/t19-,20+,25+,30+,31+/m1/s1. The first-order valence-electron chi connectivity index (χ1n) is 15.2. The molecule has 10 nitrogen and oxygen atoms in total. The zero-order valence-electron chi connectivity index (χ0n) is 26.0. The van der Waals surface area contributed by atoms with Gasteiger partial charge in [0.25, 0.3) is 0 Å². The maximum Gasteiger partial charge on any atom is 0.496 e. The molecule has 5 aliphatic heterocycles. The van der Waals surface area contributed by atoms with E-state index in [1.165, 1.54) is 6.26 Å². The molecule has 5 heterocycles. The van der Waals surface area contributed by atoms with Gasteiger partial charge in [0.15, 0.2) is 11.5 Å². The predicted octanol–water partition coefficient (Wildman–Crippen LogP) is 2.57. The fourth-order valence-corrected chi connectivity index (χ4v) is 8.01. The summed E-state index contributed by atoms with van der Waals surface area (Å²) in [5.41, 5.74) is 0.457. The summed E-state index contributed by atoms with van der Waals surface area (Å²) in [6, 6.07) is 3.86. The highest BCUT2D eigenvalue weighted by molar-refractivity contribution is 6.64. The average molecular weight is 585 g/mol. The molecule has 0 unspecified atom stereocenters. The molecule has 230 valence electrons. The van der Waals surface area contributed by atoms with E-state index < -0.39 is 36.3 Å². The quantitative estimate of drug-likeness (QED) is 0.282. The van der Waals surface area contributed by atoms with Crippen LogP contribution in [0.2, 0.25) is 0 Å². The fraction of sp³-hybridized carbons (Fsp3) is 0.710. The molecule has 42 heavy (non-hydrogen) atoms. The van der Waals surface area contributed by atoms with Gasteiger partial charge in [-0.2, -0.15) is 0 Å². The molecule has 0 bridgehead atoms. The molecule has 4 saturated heterocycles. The zero-order chi connectivity index (χ0) is 30.1. The van der Waals surface area contributed by atoms with Crippen molar-refractivity contribution in [1.82, 2.24) is 4.90 Å². The van der Waals surface area contributed by atoms with Gasteiger partial charge in [0, 0.05) is 29.8 Å². The molecular weight excluding hydrogens is 539 g/mol. The van der Waals surface area contributed by atoms with Crippen molar-refractivity contribution in [3.05, 3.63) is 29.5 Å². The Morgan fingerprint density at radius 2 is 1.88 bits per heavy atom. The lowest BCUT2D eigenvalue weighted by atomic mass is 9.66. The smallest absolute Gasteiger partial charge is 0.496 e. The van der Waals surface area contributed by atoms with E-state index in [4.69, 9.17) is 28.3 Å². The molecule has 6 rings (SSSR count). The van der Waals surface area contributed by atoms with Crippen molar-refractivity contribution in [2.45, 2.75) is 82.5 Å². The van der Waals surface area contributed by atoms with Crippen molar-refractivity contribution in [2.75, 3.05) is 52.4 Å². The Labute approximate surface area is 249 Å². The molecule has 0 amide bonds. The van der Waals surface area contributed by atoms with Crippen LogP contribution in [0.3, 0.4) is 0 Å². The summed E-state index contributed by atoms with van der Waals surface area (Å²) in [7, 11) is 2.64. The van der Waals surface area contributed by atoms with Gasteiger partial charge in [0.1, 0.15) is 18.0 Å². The Bertz CT molecular complexity index is 1250. The van der Waals surface area contributed by atoms with Crippen molar-refractivity contribution in [3.63, 3.8) is 0 Å². The number of ketones is 1. The molecule has 11 heteroatoms. The number of carbonyl (C=O) groups is 1. The minimum Gasteiger partial charge on any atom is -0.504 e. The maximum atomic E-state index is 13.0. The van der Waals surface area contributed by atoms with E-state index in [0.717, 1.165) is 42.0 Å². The summed E-state index contributed by atoms with van der Waals surface area (Å²) >= 11 is 0. The third-order valence-electron chi connectivity index (χ3n) is 10.8. The van der Waals surface area contributed by atoms with Gasteiger partial charge < -0.3 is 38.7 Å². The molecule has 5 atom stereocenters. The topological polar surface area (TPSA) is 108 Å². The number of rotatable bonds is 7. The molecule has 2 N–H and O–H groups in total. The van der Waals surface area contributed by atoms with Gasteiger partial charge in [0.2, 0.25) is 0 Å². The van der Waals surface area contributed by atoms with Crippen molar-refractivity contribution >= 4 is 24.1 Å².